The van der Waals surface area contributed by atoms with Crippen molar-refractivity contribution < 1.29 is 36.2 Å². The van der Waals surface area contributed by atoms with Gasteiger partial charge in [0, 0.05) is 11.6 Å². The molecule has 0 saturated carbocycles. The Hall–Kier alpha value is -3.16. The van der Waals surface area contributed by atoms with Gasteiger partial charge in [0.2, 0.25) is 0 Å². The molecule has 3 aromatic rings. The fourth-order valence-corrected chi connectivity index (χ4v) is 3.86. The number of aryl methyl sites for hydroxylation is 2. The quantitative estimate of drug-likeness (QED) is 0.225. The molecule has 0 heterocycles. The zero-order valence-corrected chi connectivity index (χ0v) is 19.4. The standard InChI is InChI=1S/C27H26F6O2/c1-3-5-6-7-8-16-9-12-18(13-10-16)35-27(32,33)23-20(28)15-21(34)22(26(23)31)19-14-11-17(4-2)24(29)25(19)30/h9-15,34H,3-8H2,1-2H3. The summed E-state index contributed by atoms with van der Waals surface area (Å²) >= 11 is 0. The molecule has 188 valence electrons. The first-order chi connectivity index (χ1) is 16.6. The van der Waals surface area contributed by atoms with Gasteiger partial charge in [0.05, 0.1) is 5.56 Å². The molecule has 0 fully saturated rings. The Balaban J connectivity index is 1.94. The molecule has 0 atom stereocenters. The van der Waals surface area contributed by atoms with Crippen molar-refractivity contribution in [3.05, 3.63) is 82.4 Å². The van der Waals surface area contributed by atoms with Crippen LogP contribution >= 0.6 is 0 Å². The molecular weight excluding hydrogens is 470 g/mol. The fraction of sp³-hybridized carbons (Fsp3) is 0.333. The van der Waals surface area contributed by atoms with Crippen LogP contribution in [0.1, 0.15) is 56.2 Å². The Kier molecular flexibility index (Phi) is 8.35. The van der Waals surface area contributed by atoms with Crippen molar-refractivity contribution in [2.45, 2.75) is 58.5 Å². The average Bonchev–Trinajstić information content (AvgIpc) is 2.80. The summed E-state index contributed by atoms with van der Waals surface area (Å²) in [5.74, 6) is -8.11. The summed E-state index contributed by atoms with van der Waals surface area (Å²) in [6.45, 7) is 3.65. The van der Waals surface area contributed by atoms with E-state index in [0.717, 1.165) is 49.8 Å². The summed E-state index contributed by atoms with van der Waals surface area (Å²) in [7, 11) is 0. The lowest BCUT2D eigenvalue weighted by Gasteiger charge is -2.21. The van der Waals surface area contributed by atoms with E-state index in [2.05, 4.69) is 11.7 Å². The van der Waals surface area contributed by atoms with Gasteiger partial charge < -0.3 is 9.84 Å². The van der Waals surface area contributed by atoms with Crippen LogP contribution in [0.25, 0.3) is 11.1 Å². The number of hydrogen-bond donors (Lipinski definition) is 1. The number of benzene rings is 3. The second kappa shape index (κ2) is 11.1. The normalized spacial score (nSPS) is 11.7. The highest BCUT2D eigenvalue weighted by molar-refractivity contribution is 5.73. The van der Waals surface area contributed by atoms with Crippen LogP contribution < -0.4 is 4.74 Å². The Morgan fingerprint density at radius 2 is 1.51 bits per heavy atom. The average molecular weight is 496 g/mol. The van der Waals surface area contributed by atoms with Crippen LogP contribution in [-0.4, -0.2) is 5.11 Å². The SMILES string of the molecule is CCCCCCc1ccc(OC(F)(F)c2c(F)cc(O)c(-c3ccc(CC)c(F)c3F)c2F)cc1. The van der Waals surface area contributed by atoms with Gasteiger partial charge >= 0.3 is 6.11 Å². The van der Waals surface area contributed by atoms with Gasteiger partial charge in [-0.25, -0.2) is 17.6 Å². The zero-order valence-electron chi connectivity index (χ0n) is 19.4. The van der Waals surface area contributed by atoms with Crippen molar-refractivity contribution >= 4 is 0 Å². The maximum absolute atomic E-state index is 15.2. The predicted octanol–water partition coefficient (Wildman–Crippen LogP) is 8.43. The largest absolute Gasteiger partial charge is 0.507 e. The molecule has 3 aromatic carbocycles. The molecule has 0 aliphatic rings. The Morgan fingerprint density at radius 3 is 2.14 bits per heavy atom. The third kappa shape index (κ3) is 5.74. The number of unbranched alkanes of at least 4 members (excludes halogenated alkanes) is 3. The smallest absolute Gasteiger partial charge is 0.432 e. The Morgan fingerprint density at radius 1 is 0.829 bits per heavy atom. The molecular formula is C27H26F6O2. The number of ether oxygens (including phenoxy) is 1. The molecule has 0 saturated heterocycles. The molecule has 0 unspecified atom stereocenters. The lowest BCUT2D eigenvalue weighted by atomic mass is 9.97. The minimum absolute atomic E-state index is 0.0315. The predicted molar refractivity (Wildman–Crippen MR) is 122 cm³/mol. The monoisotopic (exact) mass is 496 g/mol. The molecule has 35 heavy (non-hydrogen) atoms. The van der Waals surface area contributed by atoms with Crippen molar-refractivity contribution in [2.75, 3.05) is 0 Å². The van der Waals surface area contributed by atoms with Gasteiger partial charge in [-0.3, -0.25) is 0 Å². The van der Waals surface area contributed by atoms with Crippen molar-refractivity contribution in [2.24, 2.45) is 0 Å². The van der Waals surface area contributed by atoms with Crippen LogP contribution in [0.3, 0.4) is 0 Å². The van der Waals surface area contributed by atoms with Gasteiger partial charge in [-0.1, -0.05) is 57.4 Å². The number of rotatable bonds is 10. The van der Waals surface area contributed by atoms with Gasteiger partial charge in [0.25, 0.3) is 0 Å². The lowest BCUT2D eigenvalue weighted by Crippen LogP contribution is -2.25. The van der Waals surface area contributed by atoms with Gasteiger partial charge in [-0.05, 0) is 42.5 Å². The summed E-state index contributed by atoms with van der Waals surface area (Å²) < 4.78 is 92.9. The molecule has 1 N–H and O–H groups in total. The van der Waals surface area contributed by atoms with E-state index in [1.165, 1.54) is 12.1 Å². The molecule has 0 aliphatic carbocycles. The van der Waals surface area contributed by atoms with E-state index in [0.29, 0.717) is 0 Å². The van der Waals surface area contributed by atoms with E-state index in [4.69, 9.17) is 0 Å². The zero-order chi connectivity index (χ0) is 25.8. The first kappa shape index (κ1) is 26.4. The minimum Gasteiger partial charge on any atom is -0.507 e. The van der Waals surface area contributed by atoms with Crippen LogP contribution in [0.4, 0.5) is 26.3 Å². The van der Waals surface area contributed by atoms with Crippen molar-refractivity contribution in [1.29, 1.82) is 0 Å². The summed E-state index contributed by atoms with van der Waals surface area (Å²) in [5.41, 5.74) is -2.87. The molecule has 0 radical (unpaired) electrons. The molecule has 2 nitrogen and oxygen atoms in total. The van der Waals surface area contributed by atoms with Gasteiger partial charge in [-0.15, -0.1) is 0 Å². The first-order valence-corrected chi connectivity index (χ1v) is 11.4. The third-order valence-electron chi connectivity index (χ3n) is 5.79. The molecule has 0 spiro atoms. The van der Waals surface area contributed by atoms with Gasteiger partial charge in [0.15, 0.2) is 17.5 Å². The summed E-state index contributed by atoms with van der Waals surface area (Å²) in [6.07, 6.45) is 0.513. The number of hydrogen-bond acceptors (Lipinski definition) is 2. The highest BCUT2D eigenvalue weighted by atomic mass is 19.3. The van der Waals surface area contributed by atoms with Crippen LogP contribution in [0, 0.1) is 23.3 Å². The van der Waals surface area contributed by atoms with Crippen LogP contribution in [0.15, 0.2) is 42.5 Å². The number of phenolic OH excluding ortho intramolecular Hbond substituents is 1. The number of phenols is 1. The molecule has 0 aromatic heterocycles. The Bertz CT molecular complexity index is 1180. The third-order valence-corrected chi connectivity index (χ3v) is 5.79. The second-order valence-corrected chi connectivity index (χ2v) is 8.27. The van der Waals surface area contributed by atoms with Crippen molar-refractivity contribution in [1.82, 2.24) is 0 Å². The maximum atomic E-state index is 15.2. The molecule has 0 amide bonds. The number of aromatic hydroxyl groups is 1. The van der Waals surface area contributed by atoms with Crippen LogP contribution in [-0.2, 0) is 19.0 Å². The van der Waals surface area contributed by atoms with Crippen LogP contribution in [0.2, 0.25) is 0 Å². The molecule has 0 aliphatic heterocycles. The molecule has 0 bridgehead atoms. The summed E-state index contributed by atoms with van der Waals surface area (Å²) in [5, 5.41) is 10.0. The Labute approximate surface area is 200 Å². The summed E-state index contributed by atoms with van der Waals surface area (Å²) in [6, 6.07) is 7.98. The molecule has 3 rings (SSSR count). The second-order valence-electron chi connectivity index (χ2n) is 8.27. The highest BCUT2D eigenvalue weighted by Crippen LogP contribution is 2.43. The van der Waals surface area contributed by atoms with Gasteiger partial charge in [0.1, 0.15) is 22.9 Å². The van der Waals surface area contributed by atoms with Crippen LogP contribution in [0.5, 0.6) is 11.5 Å². The van der Waals surface area contributed by atoms with Gasteiger partial charge in [-0.2, -0.15) is 8.78 Å². The fourth-order valence-electron chi connectivity index (χ4n) is 3.86. The van der Waals surface area contributed by atoms with Crippen molar-refractivity contribution in [3.8, 4) is 22.6 Å². The van der Waals surface area contributed by atoms with Crippen molar-refractivity contribution in [3.63, 3.8) is 0 Å². The minimum atomic E-state index is -4.52. The first-order valence-electron chi connectivity index (χ1n) is 11.4. The van der Waals surface area contributed by atoms with E-state index in [9.17, 15) is 27.1 Å². The molecule has 8 heteroatoms. The van der Waals surface area contributed by atoms with E-state index in [1.807, 2.05) is 0 Å². The van der Waals surface area contributed by atoms with E-state index in [1.54, 1.807) is 19.1 Å². The topological polar surface area (TPSA) is 29.5 Å². The lowest BCUT2D eigenvalue weighted by molar-refractivity contribution is -0.189. The number of halogens is 6. The highest BCUT2D eigenvalue weighted by Gasteiger charge is 2.43. The number of alkyl halides is 2. The van der Waals surface area contributed by atoms with E-state index < -0.39 is 51.8 Å². The van der Waals surface area contributed by atoms with E-state index in [-0.39, 0.29) is 23.8 Å². The maximum Gasteiger partial charge on any atom is 0.432 e. The van der Waals surface area contributed by atoms with E-state index >= 15 is 4.39 Å². The summed E-state index contributed by atoms with van der Waals surface area (Å²) in [4.78, 5) is 0.